The van der Waals surface area contributed by atoms with Crippen LogP contribution in [0.2, 0.25) is 0 Å². The molecular formula is C17H21N5OS. The van der Waals surface area contributed by atoms with Crippen molar-refractivity contribution >= 4 is 11.3 Å². The lowest BCUT2D eigenvalue weighted by Gasteiger charge is -2.23. The molecule has 1 aliphatic rings. The van der Waals surface area contributed by atoms with E-state index in [1.165, 1.54) is 0 Å². The van der Waals surface area contributed by atoms with E-state index in [1.807, 2.05) is 23.6 Å². The van der Waals surface area contributed by atoms with E-state index in [0.717, 1.165) is 47.4 Å². The summed E-state index contributed by atoms with van der Waals surface area (Å²) >= 11 is 1.66. The lowest BCUT2D eigenvalue weighted by molar-refractivity contribution is 0.350. The first-order valence-electron chi connectivity index (χ1n) is 8.35. The molecule has 1 atom stereocenters. The Morgan fingerprint density at radius 3 is 3.17 bits per heavy atom. The fourth-order valence-electron chi connectivity index (χ4n) is 2.92. The Hall–Kier alpha value is -1.99. The molecule has 0 radical (unpaired) electrons. The first-order valence-corrected chi connectivity index (χ1v) is 9.23. The van der Waals surface area contributed by atoms with Crippen molar-refractivity contribution in [1.82, 2.24) is 25.2 Å². The average molecular weight is 343 g/mol. The first kappa shape index (κ1) is 15.5. The van der Waals surface area contributed by atoms with Gasteiger partial charge in [0, 0.05) is 31.0 Å². The molecule has 0 saturated carbocycles. The molecule has 1 aliphatic heterocycles. The van der Waals surface area contributed by atoms with Gasteiger partial charge >= 0.3 is 0 Å². The van der Waals surface area contributed by atoms with Gasteiger partial charge in [-0.2, -0.15) is 5.10 Å². The van der Waals surface area contributed by atoms with E-state index in [4.69, 9.17) is 4.52 Å². The molecule has 0 aromatic carbocycles. The summed E-state index contributed by atoms with van der Waals surface area (Å²) in [6.45, 7) is 5.84. The van der Waals surface area contributed by atoms with E-state index in [9.17, 15) is 0 Å². The van der Waals surface area contributed by atoms with Gasteiger partial charge in [-0.05, 0) is 17.9 Å². The van der Waals surface area contributed by atoms with Crippen LogP contribution in [0.1, 0.15) is 43.5 Å². The highest BCUT2D eigenvalue weighted by molar-refractivity contribution is 7.13. The maximum Gasteiger partial charge on any atom is 0.177 e. The second-order valence-corrected chi connectivity index (χ2v) is 7.45. The van der Waals surface area contributed by atoms with Crippen molar-refractivity contribution in [3.05, 3.63) is 40.9 Å². The summed E-state index contributed by atoms with van der Waals surface area (Å²) < 4.78 is 7.48. The van der Waals surface area contributed by atoms with Crippen LogP contribution in [-0.4, -0.2) is 26.0 Å². The number of aryl methyl sites for hydroxylation is 1. The molecule has 3 aromatic rings. The maximum atomic E-state index is 5.43. The second-order valence-electron chi connectivity index (χ2n) is 6.50. The third-order valence-corrected chi connectivity index (χ3v) is 5.17. The topological polar surface area (TPSA) is 68.8 Å². The van der Waals surface area contributed by atoms with E-state index in [-0.39, 0.29) is 0 Å². The molecule has 0 fully saturated rings. The summed E-state index contributed by atoms with van der Waals surface area (Å²) in [4.78, 5) is 5.74. The van der Waals surface area contributed by atoms with Gasteiger partial charge in [-0.3, -0.25) is 0 Å². The third kappa shape index (κ3) is 3.14. The van der Waals surface area contributed by atoms with Crippen LogP contribution in [0.15, 0.2) is 28.1 Å². The Morgan fingerprint density at radius 1 is 1.46 bits per heavy atom. The molecule has 0 aliphatic carbocycles. The van der Waals surface area contributed by atoms with Gasteiger partial charge in [-0.15, -0.1) is 11.3 Å². The summed E-state index contributed by atoms with van der Waals surface area (Å²) in [6.07, 6.45) is 2.04. The van der Waals surface area contributed by atoms with Gasteiger partial charge < -0.3 is 9.84 Å². The SMILES string of the molecule is CC(C)c1nc2n(n1)CC(NCc1cc(-c3cccs3)on1)CC2. The molecule has 4 heterocycles. The standard InChI is InChI=1S/C17H21N5OS/c1-11(2)17-19-16-6-5-12(10-22(16)20-17)18-9-13-8-14(23-21-13)15-4-3-7-24-15/h3-4,7-8,11-12,18H,5-6,9-10H2,1-2H3. The number of hydrogen-bond acceptors (Lipinski definition) is 6. The highest BCUT2D eigenvalue weighted by Gasteiger charge is 2.22. The van der Waals surface area contributed by atoms with Crippen LogP contribution in [0.4, 0.5) is 0 Å². The predicted molar refractivity (Wildman–Crippen MR) is 92.9 cm³/mol. The Bertz CT molecular complexity index is 805. The van der Waals surface area contributed by atoms with Gasteiger partial charge in [-0.1, -0.05) is 25.1 Å². The molecule has 0 bridgehead atoms. The summed E-state index contributed by atoms with van der Waals surface area (Å²) in [5.74, 6) is 3.27. The van der Waals surface area contributed by atoms with E-state index in [1.54, 1.807) is 11.3 Å². The molecule has 0 amide bonds. The Labute approximate surface area is 144 Å². The monoisotopic (exact) mass is 343 g/mol. The van der Waals surface area contributed by atoms with Crippen molar-refractivity contribution in [3.63, 3.8) is 0 Å². The number of nitrogens with one attached hydrogen (secondary N) is 1. The van der Waals surface area contributed by atoms with Crippen molar-refractivity contribution in [2.75, 3.05) is 0 Å². The first-order chi connectivity index (χ1) is 11.7. The van der Waals surface area contributed by atoms with Gasteiger partial charge in [0.1, 0.15) is 5.82 Å². The number of aromatic nitrogens is 4. The molecule has 7 heteroatoms. The smallest absolute Gasteiger partial charge is 0.177 e. The minimum atomic E-state index is 0.375. The summed E-state index contributed by atoms with van der Waals surface area (Å²) in [7, 11) is 0. The number of thiophene rings is 1. The van der Waals surface area contributed by atoms with E-state index in [0.29, 0.717) is 18.5 Å². The van der Waals surface area contributed by atoms with Gasteiger partial charge in [0.15, 0.2) is 11.6 Å². The van der Waals surface area contributed by atoms with Crippen LogP contribution in [0.5, 0.6) is 0 Å². The van der Waals surface area contributed by atoms with Crippen LogP contribution in [-0.2, 0) is 19.5 Å². The molecular weight excluding hydrogens is 322 g/mol. The van der Waals surface area contributed by atoms with Crippen LogP contribution < -0.4 is 5.32 Å². The van der Waals surface area contributed by atoms with E-state index >= 15 is 0 Å². The zero-order valence-corrected chi connectivity index (χ0v) is 14.7. The predicted octanol–water partition coefficient (Wildman–Crippen LogP) is 3.22. The number of fused-ring (bicyclic) bond motifs is 1. The molecule has 126 valence electrons. The fourth-order valence-corrected chi connectivity index (χ4v) is 3.59. The summed E-state index contributed by atoms with van der Waals surface area (Å²) in [5.41, 5.74) is 0.936. The van der Waals surface area contributed by atoms with Crippen LogP contribution in [0.3, 0.4) is 0 Å². The summed E-state index contributed by atoms with van der Waals surface area (Å²) in [5, 5.41) is 14.4. The van der Waals surface area contributed by atoms with Gasteiger partial charge in [-0.25, -0.2) is 9.67 Å². The molecule has 24 heavy (non-hydrogen) atoms. The van der Waals surface area contributed by atoms with Crippen molar-refractivity contribution in [1.29, 1.82) is 0 Å². The molecule has 0 spiro atoms. The normalized spacial score (nSPS) is 17.4. The number of rotatable bonds is 5. The zero-order chi connectivity index (χ0) is 16.5. The van der Waals surface area contributed by atoms with Crippen molar-refractivity contribution in [2.24, 2.45) is 0 Å². The largest absolute Gasteiger partial charge is 0.355 e. The van der Waals surface area contributed by atoms with Crippen LogP contribution >= 0.6 is 11.3 Å². The minimum absolute atomic E-state index is 0.375. The minimum Gasteiger partial charge on any atom is -0.355 e. The van der Waals surface area contributed by atoms with Crippen molar-refractivity contribution in [2.45, 2.75) is 51.7 Å². The average Bonchev–Trinajstić information content (AvgIpc) is 3.30. The maximum absolute atomic E-state index is 5.43. The Balaban J connectivity index is 1.37. The molecule has 1 N–H and O–H groups in total. The van der Waals surface area contributed by atoms with Crippen LogP contribution in [0, 0.1) is 0 Å². The van der Waals surface area contributed by atoms with Crippen LogP contribution in [0.25, 0.3) is 10.6 Å². The third-order valence-electron chi connectivity index (χ3n) is 4.29. The molecule has 4 rings (SSSR count). The Kier molecular flexibility index (Phi) is 4.20. The molecule has 0 saturated heterocycles. The Morgan fingerprint density at radius 2 is 2.38 bits per heavy atom. The molecule has 3 aromatic heterocycles. The van der Waals surface area contributed by atoms with Gasteiger partial charge in [0.2, 0.25) is 0 Å². The van der Waals surface area contributed by atoms with Gasteiger partial charge in [0.05, 0.1) is 17.1 Å². The lowest BCUT2D eigenvalue weighted by atomic mass is 10.1. The number of nitrogens with zero attached hydrogens (tertiary/aromatic N) is 4. The van der Waals surface area contributed by atoms with Crippen molar-refractivity contribution in [3.8, 4) is 10.6 Å². The quantitative estimate of drug-likeness (QED) is 0.770. The zero-order valence-electron chi connectivity index (χ0n) is 13.9. The lowest BCUT2D eigenvalue weighted by Crippen LogP contribution is -2.37. The van der Waals surface area contributed by atoms with E-state index in [2.05, 4.69) is 39.1 Å². The highest BCUT2D eigenvalue weighted by atomic mass is 32.1. The molecule has 1 unspecified atom stereocenters. The number of hydrogen-bond donors (Lipinski definition) is 1. The highest BCUT2D eigenvalue weighted by Crippen LogP contribution is 2.25. The van der Waals surface area contributed by atoms with Gasteiger partial charge in [0.25, 0.3) is 0 Å². The van der Waals surface area contributed by atoms with E-state index < -0.39 is 0 Å². The summed E-state index contributed by atoms with van der Waals surface area (Å²) in [6, 6.07) is 6.46. The van der Waals surface area contributed by atoms with Crippen molar-refractivity contribution < 1.29 is 4.52 Å². The molecule has 6 nitrogen and oxygen atoms in total. The fraction of sp³-hybridized carbons (Fsp3) is 0.471. The second kappa shape index (κ2) is 6.49.